The van der Waals surface area contributed by atoms with E-state index in [0.717, 1.165) is 22.5 Å². The van der Waals surface area contributed by atoms with E-state index in [9.17, 15) is 4.79 Å². The van der Waals surface area contributed by atoms with Gasteiger partial charge in [-0.25, -0.2) is 4.98 Å². The molecule has 0 bridgehead atoms. The van der Waals surface area contributed by atoms with Crippen molar-refractivity contribution in [2.24, 2.45) is 0 Å². The van der Waals surface area contributed by atoms with Crippen molar-refractivity contribution in [2.45, 2.75) is 6.92 Å². The fourth-order valence-electron chi connectivity index (χ4n) is 2.60. The second-order valence-corrected chi connectivity index (χ2v) is 5.49. The van der Waals surface area contributed by atoms with E-state index >= 15 is 0 Å². The van der Waals surface area contributed by atoms with Gasteiger partial charge in [0.2, 0.25) is 0 Å². The quantitative estimate of drug-likeness (QED) is 0.528. The highest BCUT2D eigenvalue weighted by Crippen LogP contribution is 2.26. The minimum absolute atomic E-state index is 0.333. The van der Waals surface area contributed by atoms with Gasteiger partial charge in [-0.1, -0.05) is 24.3 Å². The van der Waals surface area contributed by atoms with Crippen molar-refractivity contribution in [2.75, 3.05) is 0 Å². The molecule has 3 heterocycles. The average molecular weight is 302 g/mol. The fraction of sp³-hybridized carbons (Fsp3) is 0.0526. The van der Waals surface area contributed by atoms with E-state index in [1.54, 1.807) is 12.1 Å². The second kappa shape index (κ2) is 5.25. The summed E-state index contributed by atoms with van der Waals surface area (Å²) in [5.74, 6) is 1.02. The van der Waals surface area contributed by atoms with Crippen molar-refractivity contribution in [1.82, 2.24) is 9.38 Å². The second-order valence-electron chi connectivity index (χ2n) is 5.49. The van der Waals surface area contributed by atoms with Crippen LogP contribution in [0.1, 0.15) is 16.1 Å². The SMILES string of the molecule is Cc1ccn2cc(-c3ccc(-c4ccc(C=O)o4)cc3)nc2c1. The van der Waals surface area contributed by atoms with Crippen LogP contribution in [0.15, 0.2) is 65.3 Å². The Balaban J connectivity index is 1.70. The highest BCUT2D eigenvalue weighted by molar-refractivity contribution is 5.73. The van der Waals surface area contributed by atoms with Crippen LogP contribution in [0.5, 0.6) is 0 Å². The molecule has 0 radical (unpaired) electrons. The van der Waals surface area contributed by atoms with Crippen LogP contribution in [-0.4, -0.2) is 15.7 Å². The number of carbonyl (C=O) groups excluding carboxylic acids is 1. The highest BCUT2D eigenvalue weighted by Gasteiger charge is 2.07. The minimum Gasteiger partial charge on any atom is -0.453 e. The predicted octanol–water partition coefficient (Wildman–Crippen LogP) is 4.38. The number of hydrogen-bond acceptors (Lipinski definition) is 3. The topological polar surface area (TPSA) is 47.5 Å². The summed E-state index contributed by atoms with van der Waals surface area (Å²) in [6, 6.07) is 15.5. The summed E-state index contributed by atoms with van der Waals surface area (Å²) in [6.07, 6.45) is 4.73. The first-order valence-electron chi connectivity index (χ1n) is 7.34. The van der Waals surface area contributed by atoms with Crippen molar-refractivity contribution in [3.8, 4) is 22.6 Å². The van der Waals surface area contributed by atoms with E-state index in [2.05, 4.69) is 24.0 Å². The van der Waals surface area contributed by atoms with Gasteiger partial charge < -0.3 is 8.82 Å². The lowest BCUT2D eigenvalue weighted by Gasteiger charge is -1.99. The lowest BCUT2D eigenvalue weighted by atomic mass is 10.1. The van der Waals surface area contributed by atoms with Gasteiger partial charge in [0, 0.05) is 23.5 Å². The molecule has 0 aliphatic rings. The number of benzene rings is 1. The first-order valence-corrected chi connectivity index (χ1v) is 7.34. The Bertz CT molecular complexity index is 994. The van der Waals surface area contributed by atoms with Crippen LogP contribution >= 0.6 is 0 Å². The molecule has 23 heavy (non-hydrogen) atoms. The first-order chi connectivity index (χ1) is 11.2. The average Bonchev–Trinajstić information content (AvgIpc) is 3.21. The largest absolute Gasteiger partial charge is 0.453 e. The summed E-state index contributed by atoms with van der Waals surface area (Å²) in [5, 5.41) is 0. The lowest BCUT2D eigenvalue weighted by molar-refractivity contribution is 0.110. The molecule has 0 aliphatic carbocycles. The van der Waals surface area contributed by atoms with Crippen LogP contribution in [0.25, 0.3) is 28.2 Å². The van der Waals surface area contributed by atoms with E-state index in [4.69, 9.17) is 4.42 Å². The Morgan fingerprint density at radius 2 is 1.83 bits per heavy atom. The van der Waals surface area contributed by atoms with E-state index in [-0.39, 0.29) is 0 Å². The molecule has 4 rings (SSSR count). The Kier molecular flexibility index (Phi) is 3.08. The fourth-order valence-corrected chi connectivity index (χ4v) is 2.60. The van der Waals surface area contributed by atoms with Crippen molar-refractivity contribution >= 4 is 11.9 Å². The number of imidazole rings is 1. The standard InChI is InChI=1S/C19H14N2O2/c1-13-8-9-21-11-17(20-19(21)10-13)14-2-4-15(5-3-14)18-7-6-16(12-22)23-18/h2-12H,1H3. The molecule has 0 spiro atoms. The minimum atomic E-state index is 0.333. The van der Waals surface area contributed by atoms with Gasteiger partial charge >= 0.3 is 0 Å². The molecule has 0 saturated heterocycles. The van der Waals surface area contributed by atoms with Crippen LogP contribution < -0.4 is 0 Å². The van der Waals surface area contributed by atoms with E-state index in [0.29, 0.717) is 17.8 Å². The van der Waals surface area contributed by atoms with Crippen LogP contribution in [-0.2, 0) is 0 Å². The summed E-state index contributed by atoms with van der Waals surface area (Å²) >= 11 is 0. The third-order valence-electron chi connectivity index (χ3n) is 3.82. The molecule has 0 amide bonds. The van der Waals surface area contributed by atoms with Gasteiger partial charge in [0.25, 0.3) is 0 Å². The van der Waals surface area contributed by atoms with Crippen molar-refractivity contribution in [3.05, 3.63) is 72.2 Å². The molecule has 0 saturated carbocycles. The number of rotatable bonds is 3. The van der Waals surface area contributed by atoms with Gasteiger partial charge in [0.05, 0.1) is 5.69 Å². The van der Waals surface area contributed by atoms with Gasteiger partial charge in [0.15, 0.2) is 12.0 Å². The maximum absolute atomic E-state index is 10.7. The number of aryl methyl sites for hydroxylation is 1. The molecule has 1 aromatic carbocycles. The number of hydrogen-bond donors (Lipinski definition) is 0. The van der Waals surface area contributed by atoms with Crippen LogP contribution in [0.4, 0.5) is 0 Å². The molecular weight excluding hydrogens is 288 g/mol. The van der Waals surface area contributed by atoms with Gasteiger partial charge in [0.1, 0.15) is 11.4 Å². The first kappa shape index (κ1) is 13.5. The monoisotopic (exact) mass is 302 g/mol. The highest BCUT2D eigenvalue weighted by atomic mass is 16.3. The van der Waals surface area contributed by atoms with Crippen molar-refractivity contribution in [3.63, 3.8) is 0 Å². The van der Waals surface area contributed by atoms with Gasteiger partial charge in [-0.3, -0.25) is 4.79 Å². The zero-order valence-corrected chi connectivity index (χ0v) is 12.6. The molecule has 3 aromatic heterocycles. The number of fused-ring (bicyclic) bond motifs is 1. The lowest BCUT2D eigenvalue weighted by Crippen LogP contribution is -1.81. The number of pyridine rings is 1. The Morgan fingerprint density at radius 3 is 2.57 bits per heavy atom. The summed E-state index contributed by atoms with van der Waals surface area (Å²) in [6.45, 7) is 2.06. The predicted molar refractivity (Wildman–Crippen MR) is 88.5 cm³/mol. The third kappa shape index (κ3) is 2.44. The number of aldehydes is 1. The zero-order chi connectivity index (χ0) is 15.8. The number of carbonyl (C=O) groups is 1. The third-order valence-corrected chi connectivity index (χ3v) is 3.82. The smallest absolute Gasteiger partial charge is 0.185 e. The number of nitrogens with zero attached hydrogens (tertiary/aromatic N) is 2. The van der Waals surface area contributed by atoms with Crippen molar-refractivity contribution in [1.29, 1.82) is 0 Å². The Labute approximate surface area is 133 Å². The molecule has 0 atom stereocenters. The molecule has 0 fully saturated rings. The zero-order valence-electron chi connectivity index (χ0n) is 12.6. The summed E-state index contributed by atoms with van der Waals surface area (Å²) in [5.41, 5.74) is 5.02. The van der Waals surface area contributed by atoms with Crippen LogP contribution in [0.3, 0.4) is 0 Å². The van der Waals surface area contributed by atoms with E-state index in [1.165, 1.54) is 5.56 Å². The molecule has 4 heteroatoms. The maximum Gasteiger partial charge on any atom is 0.185 e. The molecule has 0 N–H and O–H groups in total. The Hall–Kier alpha value is -3.14. The van der Waals surface area contributed by atoms with Gasteiger partial charge in [-0.2, -0.15) is 0 Å². The molecule has 112 valence electrons. The number of furan rings is 1. The molecule has 0 unspecified atom stereocenters. The Morgan fingerprint density at radius 1 is 1.04 bits per heavy atom. The summed E-state index contributed by atoms with van der Waals surface area (Å²) in [7, 11) is 0. The molecule has 0 aliphatic heterocycles. The normalized spacial score (nSPS) is 11.0. The molecular formula is C19H14N2O2. The molecule has 4 aromatic rings. The van der Waals surface area contributed by atoms with Gasteiger partial charge in [-0.15, -0.1) is 0 Å². The molecule has 4 nitrogen and oxygen atoms in total. The van der Waals surface area contributed by atoms with E-state index in [1.807, 2.05) is 41.1 Å². The maximum atomic E-state index is 10.7. The number of aromatic nitrogens is 2. The summed E-state index contributed by atoms with van der Waals surface area (Å²) < 4.78 is 7.45. The van der Waals surface area contributed by atoms with Crippen LogP contribution in [0.2, 0.25) is 0 Å². The van der Waals surface area contributed by atoms with E-state index < -0.39 is 0 Å². The van der Waals surface area contributed by atoms with Crippen molar-refractivity contribution < 1.29 is 9.21 Å². The van der Waals surface area contributed by atoms with Gasteiger partial charge in [-0.05, 0) is 36.8 Å². The van der Waals surface area contributed by atoms with Crippen LogP contribution in [0, 0.1) is 6.92 Å². The summed E-state index contributed by atoms with van der Waals surface area (Å²) in [4.78, 5) is 15.4.